The molecule has 2 aliphatic heterocycles. The molecule has 9 amide bonds. The molecule has 2 aliphatic rings. The summed E-state index contributed by atoms with van der Waals surface area (Å²) >= 11 is 6.64. The highest BCUT2D eigenvalue weighted by atomic mass is 35.5. The zero-order valence-electron chi connectivity index (χ0n) is 45.8. The second kappa shape index (κ2) is 30.7. The van der Waals surface area contributed by atoms with Gasteiger partial charge >= 0.3 is 0 Å². The molecule has 0 spiro atoms. The van der Waals surface area contributed by atoms with Crippen LogP contribution in [0.1, 0.15) is 81.4 Å². The van der Waals surface area contributed by atoms with Gasteiger partial charge in [-0.3, -0.25) is 53.1 Å². The molecule has 3 heterocycles. The van der Waals surface area contributed by atoms with E-state index in [4.69, 9.17) is 40.3 Å². The van der Waals surface area contributed by atoms with Crippen LogP contribution in [0.15, 0.2) is 95.0 Å². The number of aliphatic imine (C=N–C) groups is 2. The van der Waals surface area contributed by atoms with Crippen LogP contribution in [-0.2, 0) is 62.4 Å². The molecule has 82 heavy (non-hydrogen) atoms. The maximum Gasteiger partial charge on any atom is 0.246 e. The molecule has 0 radical (unpaired) electrons. The van der Waals surface area contributed by atoms with Crippen LogP contribution >= 0.6 is 11.6 Å². The Morgan fingerprint density at radius 3 is 2.06 bits per heavy atom. The van der Waals surface area contributed by atoms with E-state index in [9.17, 15) is 33.6 Å². The third kappa shape index (κ3) is 18.9. The number of rotatable bonds is 18. The number of fused-ring (bicyclic) bond motifs is 2. The molecular formula is C56H75ClN16O9. The first-order valence-corrected chi connectivity index (χ1v) is 27.7. The molecule has 0 bridgehead atoms. The molecule has 1 aromatic heterocycles. The van der Waals surface area contributed by atoms with E-state index in [2.05, 4.69) is 52.2 Å². The second-order valence-electron chi connectivity index (χ2n) is 20.6. The van der Waals surface area contributed by atoms with Gasteiger partial charge in [-0.05, 0) is 92.5 Å². The molecule has 2 saturated heterocycles. The summed E-state index contributed by atoms with van der Waals surface area (Å²) in [5.74, 6) is -7.61. The number of nitrogens with zero attached hydrogens (tertiary/aromatic N) is 3. The third-order valence-electron chi connectivity index (χ3n) is 14.2. The molecule has 2 fully saturated rings. The number of aromatic nitrogens is 1. The minimum Gasteiger partial charge on any atom is -0.370 e. The smallest absolute Gasteiger partial charge is 0.246 e. The van der Waals surface area contributed by atoms with Crippen LogP contribution in [0.5, 0.6) is 0 Å². The molecule has 18 N–H and O–H groups in total. The molecule has 440 valence electrons. The summed E-state index contributed by atoms with van der Waals surface area (Å²) < 4.78 is 0. The number of H-pyrrole nitrogens is 1. The summed E-state index contributed by atoms with van der Waals surface area (Å²) in [5, 5.41) is 20.5. The number of primary amides is 1. The van der Waals surface area contributed by atoms with E-state index < -0.39 is 108 Å². The summed E-state index contributed by atoms with van der Waals surface area (Å²) in [6.07, 6.45) is 2.19. The van der Waals surface area contributed by atoms with Crippen molar-refractivity contribution >= 4 is 87.6 Å². The van der Waals surface area contributed by atoms with Crippen LogP contribution in [0.4, 0.5) is 0 Å². The molecular weight excluding hydrogens is 1080 g/mol. The summed E-state index contributed by atoms with van der Waals surface area (Å²) in [7, 11) is 0. The fourth-order valence-corrected chi connectivity index (χ4v) is 10.3. The number of amides is 9. The first kappa shape index (κ1) is 62.5. The minimum absolute atomic E-state index is 0.0224. The van der Waals surface area contributed by atoms with Crippen molar-refractivity contribution in [1.82, 2.24) is 47.1 Å². The first-order valence-electron chi connectivity index (χ1n) is 27.3. The normalized spacial score (nSPS) is 22.0. The van der Waals surface area contributed by atoms with E-state index in [-0.39, 0.29) is 102 Å². The van der Waals surface area contributed by atoms with Crippen LogP contribution in [0, 0.1) is 5.92 Å². The largest absolute Gasteiger partial charge is 0.370 e. The Hall–Kier alpha value is -8.74. The lowest BCUT2D eigenvalue weighted by atomic mass is 9.96. The fourth-order valence-electron chi connectivity index (χ4n) is 10.1. The zero-order chi connectivity index (χ0) is 59.3. The second-order valence-corrected chi connectivity index (χ2v) is 21.0. The highest BCUT2D eigenvalue weighted by Crippen LogP contribution is 2.30. The van der Waals surface area contributed by atoms with Gasteiger partial charge < -0.3 is 75.8 Å². The highest BCUT2D eigenvalue weighted by Gasteiger charge is 2.44. The van der Waals surface area contributed by atoms with E-state index in [0.29, 0.717) is 22.6 Å². The van der Waals surface area contributed by atoms with Gasteiger partial charge in [0.2, 0.25) is 53.2 Å². The van der Waals surface area contributed by atoms with Crippen LogP contribution in [0.3, 0.4) is 0 Å². The molecule has 25 nitrogen and oxygen atoms in total. The predicted molar refractivity (Wildman–Crippen MR) is 309 cm³/mol. The van der Waals surface area contributed by atoms with E-state index in [1.54, 1.807) is 54.7 Å². The van der Waals surface area contributed by atoms with Crippen molar-refractivity contribution in [3.63, 3.8) is 0 Å². The van der Waals surface area contributed by atoms with E-state index in [0.717, 1.165) is 16.5 Å². The fraction of sp³-hybridized carbons (Fsp3) is 0.446. The topological polar surface area (TPSA) is 412 Å². The lowest BCUT2D eigenvalue weighted by Crippen LogP contribution is -2.60. The maximum atomic E-state index is 15.2. The number of hydrogen-bond donors (Lipinski definition) is 13. The molecule has 0 aliphatic carbocycles. The molecule has 0 saturated carbocycles. The van der Waals surface area contributed by atoms with Crippen molar-refractivity contribution in [2.45, 2.75) is 126 Å². The van der Waals surface area contributed by atoms with Gasteiger partial charge in [0.15, 0.2) is 11.9 Å². The summed E-state index contributed by atoms with van der Waals surface area (Å²) in [4.78, 5) is 140. The number of aromatic amines is 1. The monoisotopic (exact) mass is 1150 g/mol. The average molecular weight is 1150 g/mol. The molecule has 6 rings (SSSR count). The van der Waals surface area contributed by atoms with Gasteiger partial charge in [-0.2, -0.15) is 0 Å². The van der Waals surface area contributed by atoms with Crippen molar-refractivity contribution < 1.29 is 43.2 Å². The predicted octanol–water partition coefficient (Wildman–Crippen LogP) is -0.722. The minimum atomic E-state index is -1.61. The lowest BCUT2D eigenvalue weighted by molar-refractivity contribution is -0.143. The Morgan fingerprint density at radius 2 is 1.35 bits per heavy atom. The molecule has 8 atom stereocenters. The number of halogens is 1. The van der Waals surface area contributed by atoms with Crippen LogP contribution in [0.25, 0.3) is 10.9 Å². The Morgan fingerprint density at radius 1 is 0.720 bits per heavy atom. The van der Waals surface area contributed by atoms with Gasteiger partial charge in [-0.1, -0.05) is 78.3 Å². The van der Waals surface area contributed by atoms with Gasteiger partial charge in [-0.15, -0.1) is 0 Å². The van der Waals surface area contributed by atoms with Gasteiger partial charge in [0.05, 0.1) is 6.42 Å². The van der Waals surface area contributed by atoms with Crippen molar-refractivity contribution in [1.29, 1.82) is 0 Å². The summed E-state index contributed by atoms with van der Waals surface area (Å²) in [6.45, 7) is 1.36. The van der Waals surface area contributed by atoms with E-state index >= 15 is 9.59 Å². The van der Waals surface area contributed by atoms with Crippen molar-refractivity contribution in [3.8, 4) is 0 Å². The summed E-state index contributed by atoms with van der Waals surface area (Å²) in [5.41, 5.74) is 30.9. The van der Waals surface area contributed by atoms with Gasteiger partial charge in [0.25, 0.3) is 0 Å². The number of carbonyl (C=O) groups is 9. The SMILES string of the molecule is CC(=O)N[C@H](CCCN=C(N)N)C(=O)N[C@@H]1CC(=O)NCCCC[C@H](C(N)=O)NC(=O)[C@@H](Cc2c[nH]c3ccccc23)NC(=O)[C@@H](CCCN=C(N)N)NC(=O)[C@H](Cc2ccccc2)NC(=O)[C@H]2C[C@H](Cc3ccccc3Cl)CN2C1=O. The number of guanidine groups is 2. The van der Waals surface area contributed by atoms with Crippen molar-refractivity contribution in [3.05, 3.63) is 107 Å². The van der Waals surface area contributed by atoms with Gasteiger partial charge in [0.1, 0.15) is 42.3 Å². The van der Waals surface area contributed by atoms with Crippen LogP contribution in [0.2, 0.25) is 5.02 Å². The first-order chi connectivity index (χ1) is 39.3. The van der Waals surface area contributed by atoms with Gasteiger partial charge in [-0.25, -0.2) is 0 Å². The Balaban J connectivity index is 1.41. The van der Waals surface area contributed by atoms with Crippen LogP contribution < -0.4 is 65.9 Å². The van der Waals surface area contributed by atoms with Crippen molar-refractivity contribution in [2.24, 2.45) is 44.6 Å². The molecule has 26 heteroatoms. The number of nitrogens with one attached hydrogen (secondary N) is 8. The molecule has 3 aromatic carbocycles. The standard InChI is InChI=1S/C56H75ClN16O9/c1-32(74)67-41(20-11-23-64-55(59)60)49(77)72-45-29-47(75)63-22-10-9-19-40(48(58)76)68-52(80)44(28-36-30-66-39-18-8-6-16-37(36)39)70-50(78)42(21-12-24-65-56(61)62)69-51(79)43(26-33-13-3-2-4-14-33)71-53(81)46-27-34(31-73(46)54(45)82)25-35-15-5-7-17-38(35)57/h2-8,13-18,30,34,40-46,66H,9-12,19-29,31H2,1H3,(H2,58,76)(H,63,75)(H,67,74)(H,68,80)(H,69,79)(H,70,78)(H,71,81)(H,72,77)(H4,59,60,64)(H4,61,62,65)/t34-,40+,41+,42+,43-,44+,45+,46+/m0/s1. The Bertz CT molecular complexity index is 2970. The third-order valence-corrected chi connectivity index (χ3v) is 14.6. The maximum absolute atomic E-state index is 15.2. The number of carbonyl (C=O) groups excluding carboxylic acids is 9. The Labute approximate surface area is 479 Å². The summed E-state index contributed by atoms with van der Waals surface area (Å²) in [6, 6.07) is 13.8. The molecule has 0 unspecified atom stereocenters. The Kier molecular flexibility index (Phi) is 23.4. The highest BCUT2D eigenvalue weighted by molar-refractivity contribution is 6.31. The number of benzene rings is 3. The zero-order valence-corrected chi connectivity index (χ0v) is 46.6. The average Bonchev–Trinajstić information content (AvgIpc) is 4.20. The number of nitrogens with two attached hydrogens (primary N) is 5. The van der Waals surface area contributed by atoms with E-state index in [1.807, 2.05) is 30.3 Å². The van der Waals surface area contributed by atoms with Crippen LogP contribution in [-0.4, -0.2) is 143 Å². The van der Waals surface area contributed by atoms with Gasteiger partial charge in [0, 0.05) is 68.1 Å². The van der Waals surface area contributed by atoms with Crippen molar-refractivity contribution in [2.75, 3.05) is 26.2 Å². The quantitative estimate of drug-likeness (QED) is 0.0333. The van der Waals surface area contributed by atoms with E-state index in [1.165, 1.54) is 11.8 Å². The number of hydrogen-bond acceptors (Lipinski definition) is 11. The number of para-hydroxylation sites is 1. The molecule has 4 aromatic rings. The lowest BCUT2D eigenvalue weighted by Gasteiger charge is -2.31.